The van der Waals surface area contributed by atoms with E-state index in [-0.39, 0.29) is 12.7 Å². The van der Waals surface area contributed by atoms with Gasteiger partial charge in [0.05, 0.1) is 13.2 Å². The Bertz CT molecular complexity index is 473. The molecule has 1 aromatic carbocycles. The Kier molecular flexibility index (Phi) is 5.83. The predicted molar refractivity (Wildman–Crippen MR) is 78.4 cm³/mol. The number of primary amides is 1. The van der Waals surface area contributed by atoms with Crippen molar-refractivity contribution in [3.8, 4) is 11.5 Å². The summed E-state index contributed by atoms with van der Waals surface area (Å²) in [6.07, 6.45) is 2.50. The highest BCUT2D eigenvalue weighted by molar-refractivity contribution is 5.75. The van der Waals surface area contributed by atoms with Crippen LogP contribution in [0.25, 0.3) is 0 Å². The van der Waals surface area contributed by atoms with Crippen LogP contribution in [-0.4, -0.2) is 38.9 Å². The smallest absolute Gasteiger partial charge is 0.255 e. The maximum Gasteiger partial charge on any atom is 0.255 e. The molecule has 1 saturated heterocycles. The molecule has 6 nitrogen and oxygen atoms in total. The number of nitrogens with two attached hydrogens (primary N) is 1. The van der Waals surface area contributed by atoms with Crippen LogP contribution in [-0.2, 0) is 16.1 Å². The Morgan fingerprint density at radius 1 is 1.52 bits per heavy atom. The van der Waals surface area contributed by atoms with Crippen molar-refractivity contribution in [3.63, 3.8) is 0 Å². The number of ether oxygens (including phenoxy) is 3. The lowest BCUT2D eigenvalue weighted by Gasteiger charge is -2.16. The van der Waals surface area contributed by atoms with Gasteiger partial charge < -0.3 is 25.3 Å². The van der Waals surface area contributed by atoms with E-state index in [0.717, 1.165) is 31.6 Å². The van der Waals surface area contributed by atoms with E-state index in [1.807, 2.05) is 12.1 Å². The minimum absolute atomic E-state index is 0.168. The zero-order valence-electron chi connectivity index (χ0n) is 12.3. The summed E-state index contributed by atoms with van der Waals surface area (Å²) in [7, 11) is 1.57. The summed E-state index contributed by atoms with van der Waals surface area (Å²) in [6, 6.07) is 5.61. The molecule has 116 valence electrons. The summed E-state index contributed by atoms with van der Waals surface area (Å²) >= 11 is 0. The summed E-state index contributed by atoms with van der Waals surface area (Å²) < 4.78 is 16.3. The topological polar surface area (TPSA) is 82.8 Å². The van der Waals surface area contributed by atoms with Crippen molar-refractivity contribution in [2.75, 3.05) is 26.9 Å². The number of nitrogens with one attached hydrogen (secondary N) is 1. The Hall–Kier alpha value is -1.79. The molecule has 6 heteroatoms. The standard InChI is InChI=1S/C15H22N2O4/c1-19-13-6-2-4-11(15(13)21-10-14(16)18)8-17-9-12-5-3-7-20-12/h2,4,6,12,17H,3,5,7-10H2,1H3,(H2,16,18)/t12-/m1/s1. The molecule has 1 amide bonds. The summed E-state index contributed by atoms with van der Waals surface area (Å²) in [5.41, 5.74) is 6.05. The van der Waals surface area contributed by atoms with E-state index in [2.05, 4.69) is 5.32 Å². The van der Waals surface area contributed by atoms with Crippen LogP contribution >= 0.6 is 0 Å². The number of hydrogen-bond donors (Lipinski definition) is 2. The average Bonchev–Trinajstić information content (AvgIpc) is 2.98. The van der Waals surface area contributed by atoms with Crippen LogP contribution in [0, 0.1) is 0 Å². The molecular formula is C15H22N2O4. The number of amides is 1. The zero-order valence-corrected chi connectivity index (χ0v) is 12.3. The van der Waals surface area contributed by atoms with Gasteiger partial charge in [-0.05, 0) is 18.9 Å². The first-order valence-corrected chi connectivity index (χ1v) is 7.10. The Morgan fingerprint density at radius 3 is 3.05 bits per heavy atom. The maximum absolute atomic E-state index is 10.9. The zero-order chi connectivity index (χ0) is 15.1. The molecule has 2 rings (SSSR count). The van der Waals surface area contributed by atoms with Gasteiger partial charge in [0.25, 0.3) is 5.91 Å². The molecule has 1 atom stereocenters. The highest BCUT2D eigenvalue weighted by atomic mass is 16.5. The number of carbonyl (C=O) groups is 1. The van der Waals surface area contributed by atoms with Gasteiger partial charge in [-0.25, -0.2) is 0 Å². The molecule has 0 aromatic heterocycles. The van der Waals surface area contributed by atoms with Gasteiger partial charge in [-0.1, -0.05) is 12.1 Å². The summed E-state index contributed by atoms with van der Waals surface area (Å²) in [5, 5.41) is 3.35. The summed E-state index contributed by atoms with van der Waals surface area (Å²) in [6.45, 7) is 2.09. The first-order chi connectivity index (χ1) is 10.2. The molecule has 0 aliphatic carbocycles. The van der Waals surface area contributed by atoms with E-state index in [9.17, 15) is 4.79 Å². The fraction of sp³-hybridized carbons (Fsp3) is 0.533. The largest absolute Gasteiger partial charge is 0.493 e. The Labute approximate surface area is 124 Å². The van der Waals surface area contributed by atoms with E-state index in [4.69, 9.17) is 19.9 Å². The molecule has 0 spiro atoms. The van der Waals surface area contributed by atoms with E-state index < -0.39 is 5.91 Å². The van der Waals surface area contributed by atoms with Crippen LogP contribution in [0.15, 0.2) is 18.2 Å². The van der Waals surface area contributed by atoms with Gasteiger partial charge in [-0.2, -0.15) is 0 Å². The molecule has 21 heavy (non-hydrogen) atoms. The van der Waals surface area contributed by atoms with E-state index in [1.54, 1.807) is 13.2 Å². The molecule has 0 bridgehead atoms. The number of methoxy groups -OCH3 is 1. The third-order valence-electron chi connectivity index (χ3n) is 3.35. The molecule has 0 saturated carbocycles. The van der Waals surface area contributed by atoms with Crippen molar-refractivity contribution in [1.82, 2.24) is 5.32 Å². The van der Waals surface area contributed by atoms with Gasteiger partial charge in [0.15, 0.2) is 18.1 Å². The molecule has 0 radical (unpaired) electrons. The molecule has 3 N–H and O–H groups in total. The lowest BCUT2D eigenvalue weighted by atomic mass is 10.1. The fourth-order valence-electron chi connectivity index (χ4n) is 2.34. The molecular weight excluding hydrogens is 272 g/mol. The molecule has 0 unspecified atom stereocenters. The predicted octanol–water partition coefficient (Wildman–Crippen LogP) is 0.828. The summed E-state index contributed by atoms with van der Waals surface area (Å²) in [4.78, 5) is 10.9. The van der Waals surface area contributed by atoms with Crippen molar-refractivity contribution in [3.05, 3.63) is 23.8 Å². The number of hydrogen-bond acceptors (Lipinski definition) is 5. The van der Waals surface area contributed by atoms with Gasteiger partial charge in [-0.3, -0.25) is 4.79 Å². The monoisotopic (exact) mass is 294 g/mol. The van der Waals surface area contributed by atoms with Crippen LogP contribution in [0.4, 0.5) is 0 Å². The van der Waals surface area contributed by atoms with Gasteiger partial charge >= 0.3 is 0 Å². The molecule has 1 fully saturated rings. The normalized spacial score (nSPS) is 17.7. The molecule has 1 heterocycles. The second-order valence-corrected chi connectivity index (χ2v) is 4.97. The lowest BCUT2D eigenvalue weighted by molar-refractivity contribution is -0.119. The van der Waals surface area contributed by atoms with Crippen LogP contribution < -0.4 is 20.5 Å². The Balaban J connectivity index is 1.97. The molecule has 1 aromatic rings. The first-order valence-electron chi connectivity index (χ1n) is 7.10. The van der Waals surface area contributed by atoms with Gasteiger partial charge in [0.2, 0.25) is 0 Å². The Morgan fingerprint density at radius 2 is 2.38 bits per heavy atom. The minimum atomic E-state index is -0.515. The lowest BCUT2D eigenvalue weighted by Crippen LogP contribution is -2.26. The first kappa shape index (κ1) is 15.6. The van der Waals surface area contributed by atoms with E-state index in [0.29, 0.717) is 18.0 Å². The second-order valence-electron chi connectivity index (χ2n) is 4.97. The fourth-order valence-corrected chi connectivity index (χ4v) is 2.34. The summed E-state index contributed by atoms with van der Waals surface area (Å²) in [5.74, 6) is 0.630. The van der Waals surface area contributed by atoms with Gasteiger partial charge in [-0.15, -0.1) is 0 Å². The third-order valence-corrected chi connectivity index (χ3v) is 3.35. The van der Waals surface area contributed by atoms with Crippen LogP contribution in [0.1, 0.15) is 18.4 Å². The molecule has 1 aliphatic heterocycles. The van der Waals surface area contributed by atoms with E-state index in [1.165, 1.54) is 0 Å². The van der Waals surface area contributed by atoms with E-state index >= 15 is 0 Å². The van der Waals surface area contributed by atoms with Crippen molar-refractivity contribution < 1.29 is 19.0 Å². The third kappa shape index (κ3) is 4.61. The van der Waals surface area contributed by atoms with Crippen molar-refractivity contribution in [2.24, 2.45) is 5.73 Å². The highest BCUT2D eigenvalue weighted by Crippen LogP contribution is 2.31. The van der Waals surface area contributed by atoms with Gasteiger partial charge in [0.1, 0.15) is 0 Å². The van der Waals surface area contributed by atoms with Crippen molar-refractivity contribution in [1.29, 1.82) is 0 Å². The SMILES string of the molecule is COc1cccc(CNC[C@H]2CCCO2)c1OCC(N)=O. The molecule has 1 aliphatic rings. The average molecular weight is 294 g/mol. The number of benzene rings is 1. The van der Waals surface area contributed by atoms with Crippen LogP contribution in [0.3, 0.4) is 0 Å². The number of carbonyl (C=O) groups excluding carboxylic acids is 1. The quantitative estimate of drug-likeness (QED) is 0.742. The van der Waals surface area contributed by atoms with Gasteiger partial charge in [0, 0.05) is 25.3 Å². The van der Waals surface area contributed by atoms with Crippen molar-refractivity contribution in [2.45, 2.75) is 25.5 Å². The minimum Gasteiger partial charge on any atom is -0.493 e. The highest BCUT2D eigenvalue weighted by Gasteiger charge is 2.16. The van der Waals surface area contributed by atoms with Crippen LogP contribution in [0.2, 0.25) is 0 Å². The van der Waals surface area contributed by atoms with Crippen LogP contribution in [0.5, 0.6) is 11.5 Å². The van der Waals surface area contributed by atoms with Crippen molar-refractivity contribution >= 4 is 5.91 Å². The maximum atomic E-state index is 10.9. The number of para-hydroxylation sites is 1. The number of rotatable bonds is 8. The second kappa shape index (κ2) is 7.85.